The molecule has 0 radical (unpaired) electrons. The highest BCUT2D eigenvalue weighted by atomic mass is 32.2. The third kappa shape index (κ3) is 19.3. The number of hydrogen-bond acceptors (Lipinski definition) is 16. The molecule has 5 heterocycles. The predicted octanol–water partition coefficient (Wildman–Crippen LogP) is 13.5. The number of allylic oxidation sites excluding steroid dienone is 1. The Bertz CT molecular complexity index is 3510. The Hall–Kier alpha value is -8.18. The minimum absolute atomic E-state index is 0.0657. The molecule has 4 N–H and O–H groups in total. The average Bonchev–Trinajstić information content (AvgIpc) is 1.59. The molecule has 0 spiro atoms. The van der Waals surface area contributed by atoms with Gasteiger partial charge in [0.2, 0.25) is 29.5 Å². The van der Waals surface area contributed by atoms with Gasteiger partial charge >= 0.3 is 6.09 Å². The summed E-state index contributed by atoms with van der Waals surface area (Å²) in [5.41, 5.74) is 3.97. The van der Waals surface area contributed by atoms with Gasteiger partial charge < -0.3 is 54.5 Å². The van der Waals surface area contributed by atoms with Crippen molar-refractivity contribution in [3.05, 3.63) is 101 Å². The number of amides is 8. The monoisotopic (exact) mass is 1400 g/mol. The highest BCUT2D eigenvalue weighted by Gasteiger charge is 2.47. The Morgan fingerprint density at radius 2 is 1.35 bits per heavy atom. The van der Waals surface area contributed by atoms with Gasteiger partial charge in [-0.05, 0) is 139 Å². The van der Waals surface area contributed by atoms with Crippen molar-refractivity contribution in [2.45, 2.75) is 231 Å². The van der Waals surface area contributed by atoms with Crippen molar-refractivity contribution in [1.82, 2.24) is 25.3 Å². The second-order valence-corrected chi connectivity index (χ2v) is 29.3. The Morgan fingerprint density at radius 1 is 0.730 bits per heavy atom. The SMILES string of the molecule is C=CCCCCCCC[C@H](C)C(C)C(CC)(CC)SC1CC(=O)N(CCCCCC(=O)N[C@H](C(=O)N[C@@H](C)C(=O)Nc2ccc(COC(=O)N3c4cc(OCCCCCOc5cc6c(cc5OC)C(=O)N5C=C(C)C[C@H]5C=N6)c(OC)cc4C(=O)N4C=C(C)C[C@H]4[C@@H]3O)cc2)C(C)C)C1=O. The number of hydrogen-bond donors (Lipinski definition) is 4. The minimum atomic E-state index is -1.52. The number of unbranched alkanes of at least 4 members (excludes halogenated alkanes) is 9. The second kappa shape index (κ2) is 36.4. The Kier molecular flexibility index (Phi) is 28.3. The molecule has 8 amide bonds. The van der Waals surface area contributed by atoms with E-state index >= 15 is 0 Å². The zero-order valence-corrected chi connectivity index (χ0v) is 61.3. The van der Waals surface area contributed by atoms with Crippen molar-refractivity contribution >= 4 is 82.5 Å². The summed E-state index contributed by atoms with van der Waals surface area (Å²) in [5, 5.41) is 20.0. The number of benzene rings is 3. The highest BCUT2D eigenvalue weighted by Crippen LogP contribution is 2.49. The fraction of sp³-hybridized carbons (Fsp3) is 0.571. The molecular formula is C77H106N8O14S. The number of ether oxygens (including phenoxy) is 5. The van der Waals surface area contributed by atoms with Gasteiger partial charge in [0.1, 0.15) is 18.7 Å². The molecule has 0 aliphatic carbocycles. The molecule has 0 bridgehead atoms. The smallest absolute Gasteiger partial charge is 0.416 e. The van der Waals surface area contributed by atoms with Gasteiger partial charge in [-0.3, -0.25) is 43.5 Å². The van der Waals surface area contributed by atoms with Crippen LogP contribution in [0.5, 0.6) is 23.0 Å². The maximum absolute atomic E-state index is 14.3. The molecule has 0 aromatic heterocycles. The number of imide groups is 1. The van der Waals surface area contributed by atoms with Crippen molar-refractivity contribution in [3.8, 4) is 23.0 Å². The molecule has 8 atom stereocenters. The first-order valence-corrected chi connectivity index (χ1v) is 36.8. The highest BCUT2D eigenvalue weighted by molar-refractivity contribution is 8.02. The number of fused-ring (bicyclic) bond motifs is 4. The van der Waals surface area contributed by atoms with Crippen molar-refractivity contribution in [2.75, 3.05) is 44.2 Å². The van der Waals surface area contributed by atoms with Gasteiger partial charge in [-0.2, -0.15) is 0 Å². The molecule has 8 rings (SSSR count). The summed E-state index contributed by atoms with van der Waals surface area (Å²) in [6, 6.07) is 10.0. The van der Waals surface area contributed by atoms with Crippen LogP contribution in [-0.4, -0.2) is 148 Å². The number of aliphatic hydroxyl groups excluding tert-OH is 1. The number of nitrogens with zero attached hydrogens (tertiary/aromatic N) is 5. The summed E-state index contributed by atoms with van der Waals surface area (Å²) in [7, 11) is 2.97. The quantitative estimate of drug-likeness (QED) is 0.0236. The Labute approximate surface area is 594 Å². The molecule has 5 aliphatic rings. The lowest BCUT2D eigenvalue weighted by Crippen LogP contribution is -2.53. The molecular weight excluding hydrogens is 1290 g/mol. The topological polar surface area (TPSA) is 264 Å². The lowest BCUT2D eigenvalue weighted by atomic mass is 9.78. The van der Waals surface area contributed by atoms with Crippen LogP contribution in [0.3, 0.4) is 0 Å². The fourth-order valence-corrected chi connectivity index (χ4v) is 15.7. The zero-order chi connectivity index (χ0) is 72.4. The van der Waals surface area contributed by atoms with E-state index in [4.69, 9.17) is 23.7 Å². The van der Waals surface area contributed by atoms with E-state index in [-0.39, 0.29) is 89.1 Å². The van der Waals surface area contributed by atoms with Crippen LogP contribution in [0.25, 0.3) is 0 Å². The van der Waals surface area contributed by atoms with Gasteiger partial charge in [-0.1, -0.05) is 109 Å². The van der Waals surface area contributed by atoms with E-state index in [0.29, 0.717) is 104 Å². The number of nitrogens with one attached hydrogen (secondary N) is 3. The van der Waals surface area contributed by atoms with E-state index in [9.17, 15) is 43.5 Å². The Morgan fingerprint density at radius 3 is 2.02 bits per heavy atom. The number of carbonyl (C=O) groups excluding carboxylic acids is 8. The van der Waals surface area contributed by atoms with Gasteiger partial charge in [0, 0.05) is 60.6 Å². The number of rotatable bonds is 38. The summed E-state index contributed by atoms with van der Waals surface area (Å²) < 4.78 is 29.5. The first kappa shape index (κ1) is 77.6. The van der Waals surface area contributed by atoms with E-state index in [1.165, 1.54) is 75.2 Å². The number of thioether (sulfide) groups is 1. The third-order valence-electron chi connectivity index (χ3n) is 20.2. The molecule has 2 unspecified atom stereocenters. The van der Waals surface area contributed by atoms with Crippen LogP contribution in [-0.2, 0) is 35.3 Å². The summed E-state index contributed by atoms with van der Waals surface area (Å²) >= 11 is 1.71. The molecule has 100 heavy (non-hydrogen) atoms. The third-order valence-corrected chi connectivity index (χ3v) is 22.2. The number of methoxy groups -OCH3 is 2. The fourth-order valence-electron chi connectivity index (χ4n) is 13.9. The molecule has 5 aliphatic heterocycles. The lowest BCUT2D eigenvalue weighted by molar-refractivity contribution is -0.138. The molecule has 0 saturated carbocycles. The summed E-state index contributed by atoms with van der Waals surface area (Å²) in [6.45, 7) is 22.5. The number of anilines is 2. The van der Waals surface area contributed by atoms with E-state index in [1.54, 1.807) is 79.3 Å². The molecule has 1 saturated heterocycles. The van der Waals surface area contributed by atoms with E-state index in [1.807, 2.05) is 26.1 Å². The summed E-state index contributed by atoms with van der Waals surface area (Å²) in [4.78, 5) is 120. The maximum Gasteiger partial charge on any atom is 0.416 e. The second-order valence-electron chi connectivity index (χ2n) is 27.7. The van der Waals surface area contributed by atoms with Gasteiger partial charge in [0.25, 0.3) is 11.8 Å². The van der Waals surface area contributed by atoms with Crippen molar-refractivity contribution in [1.29, 1.82) is 0 Å². The molecule has 23 heteroatoms. The van der Waals surface area contributed by atoms with Crippen LogP contribution in [0.4, 0.5) is 21.9 Å². The standard InChI is InChI=1S/C77H106N8O14S/c1-13-16-17-18-19-20-23-28-51(8)52(9)77(14-2,15-3)100-66-43-68(87)82(75(66)93)34-25-21-24-29-67(86)81-69(48(4)5)71(89)79-53(10)70(88)80-55-32-30-54(31-33-55)47-99-76(94)85-60-42-65(63(96-12)40-58(60)73(91)84-46-50(7)38-61(84)74(85)92)98-36-27-22-26-35-97-64-41-59-57(39-62(64)95-11)72(90)83-45-49(6)37-56(83)44-78-59/h13,30-33,39-42,44-46,48,51-53,56,61,66,69,74,92H,1,14-29,34-38,43,47H2,2-12H3,(H,79,89)(H,80,88)(H,81,86)/t51-,52?,53-,56-,61-,66?,69-,74-/m0/s1. The number of carbonyl (C=O) groups is 8. The number of aliphatic imine (C=N–C) groups is 1. The normalized spacial score (nSPS) is 19.1. The van der Waals surface area contributed by atoms with Crippen LogP contribution in [0, 0.1) is 17.8 Å². The van der Waals surface area contributed by atoms with Crippen molar-refractivity contribution in [3.63, 3.8) is 0 Å². The molecule has 3 aromatic rings. The van der Waals surface area contributed by atoms with Crippen LogP contribution >= 0.6 is 11.8 Å². The molecule has 3 aromatic carbocycles. The lowest BCUT2D eigenvalue weighted by Gasteiger charge is -2.42. The van der Waals surface area contributed by atoms with E-state index in [0.717, 1.165) is 48.2 Å². The largest absolute Gasteiger partial charge is 0.493 e. The Balaban J connectivity index is 0.774. The average molecular weight is 1400 g/mol. The van der Waals surface area contributed by atoms with Crippen LogP contribution in [0.2, 0.25) is 0 Å². The van der Waals surface area contributed by atoms with Crippen LogP contribution in [0.15, 0.2) is 89.7 Å². The summed E-state index contributed by atoms with van der Waals surface area (Å²) in [5.74, 6) is -0.268. The zero-order valence-electron chi connectivity index (χ0n) is 60.5. The first-order chi connectivity index (χ1) is 48.0. The van der Waals surface area contributed by atoms with Gasteiger partial charge in [-0.15, -0.1) is 18.3 Å². The first-order valence-electron chi connectivity index (χ1n) is 36.0. The maximum atomic E-state index is 14.3. The van der Waals surface area contributed by atoms with Gasteiger partial charge in [-0.25, -0.2) is 9.69 Å². The predicted molar refractivity (Wildman–Crippen MR) is 389 cm³/mol. The van der Waals surface area contributed by atoms with Gasteiger partial charge in [0.05, 0.1) is 67.3 Å². The van der Waals surface area contributed by atoms with Crippen molar-refractivity contribution < 1.29 is 67.1 Å². The van der Waals surface area contributed by atoms with Crippen molar-refractivity contribution in [2.24, 2.45) is 22.7 Å². The summed E-state index contributed by atoms with van der Waals surface area (Å²) in [6.07, 6.45) is 20.0. The van der Waals surface area contributed by atoms with E-state index in [2.05, 4.69) is 55.2 Å². The number of aliphatic hydroxyl groups is 1. The minimum Gasteiger partial charge on any atom is -0.493 e. The molecule has 1 fully saturated rings. The van der Waals surface area contributed by atoms with Gasteiger partial charge in [0.15, 0.2) is 29.2 Å². The van der Waals surface area contributed by atoms with Crippen LogP contribution < -0.4 is 39.8 Å². The molecule has 544 valence electrons. The number of likely N-dealkylation sites (tertiary alicyclic amines) is 1. The van der Waals surface area contributed by atoms with Crippen LogP contribution in [0.1, 0.15) is 211 Å². The van der Waals surface area contributed by atoms with E-state index < -0.39 is 53.4 Å². The molecule has 22 nitrogen and oxygen atoms in total.